The average molecular weight is 327 g/mol. The maximum absolute atomic E-state index is 12.9. The average Bonchev–Trinajstić information content (AvgIpc) is 2.85. The van der Waals surface area contributed by atoms with Crippen molar-refractivity contribution in [2.75, 3.05) is 10.6 Å². The summed E-state index contributed by atoms with van der Waals surface area (Å²) in [6, 6.07) is 4.62. The van der Waals surface area contributed by atoms with E-state index in [2.05, 4.69) is 15.8 Å². The fourth-order valence-electron chi connectivity index (χ4n) is 1.99. The third kappa shape index (κ3) is 4.24. The molecule has 1 aromatic heterocycles. The zero-order chi connectivity index (χ0) is 17.2. The number of anilines is 2. The molecule has 1 aromatic carbocycles. The van der Waals surface area contributed by atoms with Crippen LogP contribution in [0.25, 0.3) is 0 Å². The highest BCUT2D eigenvalue weighted by Crippen LogP contribution is 2.33. The molecular formula is C15H16F3N3O2. The lowest BCUT2D eigenvalue weighted by atomic mass is 10.1. The van der Waals surface area contributed by atoms with Crippen LogP contribution in [0, 0.1) is 13.8 Å². The number of rotatable bonds is 4. The maximum atomic E-state index is 12.9. The molecular weight excluding hydrogens is 311 g/mol. The predicted octanol–water partition coefficient (Wildman–Crippen LogP) is 3.75. The minimum absolute atomic E-state index is 0.123. The monoisotopic (exact) mass is 327 g/mol. The lowest BCUT2D eigenvalue weighted by Gasteiger charge is -2.17. The van der Waals surface area contributed by atoms with Gasteiger partial charge in [0.05, 0.1) is 5.56 Å². The van der Waals surface area contributed by atoms with Gasteiger partial charge in [-0.25, -0.2) is 0 Å². The van der Waals surface area contributed by atoms with Crippen molar-refractivity contribution in [3.63, 3.8) is 0 Å². The molecule has 0 spiro atoms. The molecule has 1 atom stereocenters. The van der Waals surface area contributed by atoms with Crippen molar-refractivity contribution < 1.29 is 22.5 Å². The van der Waals surface area contributed by atoms with Gasteiger partial charge >= 0.3 is 6.18 Å². The Balaban J connectivity index is 2.07. The second kappa shape index (κ2) is 6.31. The van der Waals surface area contributed by atoms with Gasteiger partial charge in [-0.2, -0.15) is 13.2 Å². The van der Waals surface area contributed by atoms with Gasteiger partial charge in [-0.3, -0.25) is 4.79 Å². The van der Waals surface area contributed by atoms with Gasteiger partial charge in [-0.05, 0) is 38.5 Å². The predicted molar refractivity (Wildman–Crippen MR) is 79.1 cm³/mol. The van der Waals surface area contributed by atoms with Crippen molar-refractivity contribution in [2.45, 2.75) is 33.0 Å². The molecule has 0 fully saturated rings. The first-order chi connectivity index (χ1) is 10.7. The number of aryl methyl sites for hydroxylation is 2. The summed E-state index contributed by atoms with van der Waals surface area (Å²) in [6.07, 6.45) is -4.44. The Morgan fingerprint density at radius 3 is 2.52 bits per heavy atom. The van der Waals surface area contributed by atoms with Crippen LogP contribution in [-0.4, -0.2) is 17.1 Å². The molecule has 0 aliphatic rings. The molecule has 2 rings (SSSR count). The van der Waals surface area contributed by atoms with E-state index in [9.17, 15) is 18.0 Å². The van der Waals surface area contributed by atoms with Crippen molar-refractivity contribution in [1.29, 1.82) is 0 Å². The lowest BCUT2D eigenvalue weighted by Crippen LogP contribution is -2.32. The summed E-state index contributed by atoms with van der Waals surface area (Å²) < 4.78 is 43.5. The molecule has 0 radical (unpaired) electrons. The van der Waals surface area contributed by atoms with E-state index in [1.165, 1.54) is 32.0 Å². The van der Waals surface area contributed by atoms with Crippen molar-refractivity contribution >= 4 is 17.4 Å². The van der Waals surface area contributed by atoms with E-state index in [0.29, 0.717) is 5.76 Å². The van der Waals surface area contributed by atoms with Crippen LogP contribution in [0.1, 0.15) is 23.8 Å². The van der Waals surface area contributed by atoms with E-state index >= 15 is 0 Å². The minimum Gasteiger partial charge on any atom is -0.374 e. The van der Waals surface area contributed by atoms with Crippen LogP contribution in [0.2, 0.25) is 0 Å². The van der Waals surface area contributed by atoms with Gasteiger partial charge in [0.15, 0.2) is 5.82 Å². The standard InChI is InChI=1S/C15H16F3N3O2/c1-8-4-5-11(7-12(8)15(16,17)18)19-10(3)14(22)20-13-6-9(2)23-21-13/h4-7,10,19H,1-3H3,(H,20,21,22)/t10-/m0/s1. The zero-order valence-corrected chi connectivity index (χ0v) is 12.8. The van der Waals surface area contributed by atoms with E-state index in [1.54, 1.807) is 6.92 Å². The van der Waals surface area contributed by atoms with Crippen molar-refractivity contribution in [3.05, 3.63) is 41.2 Å². The quantitative estimate of drug-likeness (QED) is 0.897. The molecule has 5 nitrogen and oxygen atoms in total. The number of halogens is 3. The van der Waals surface area contributed by atoms with Crippen LogP contribution in [0.5, 0.6) is 0 Å². The van der Waals surface area contributed by atoms with E-state index < -0.39 is 23.7 Å². The zero-order valence-electron chi connectivity index (χ0n) is 12.8. The van der Waals surface area contributed by atoms with Gasteiger partial charge < -0.3 is 15.2 Å². The Labute approximate surface area is 130 Å². The van der Waals surface area contributed by atoms with E-state index in [-0.39, 0.29) is 17.1 Å². The molecule has 8 heteroatoms. The maximum Gasteiger partial charge on any atom is 0.416 e. The number of nitrogens with zero attached hydrogens (tertiary/aromatic N) is 1. The second-order valence-electron chi connectivity index (χ2n) is 5.21. The fourth-order valence-corrected chi connectivity index (χ4v) is 1.99. The summed E-state index contributed by atoms with van der Waals surface area (Å²) in [7, 11) is 0. The molecule has 2 aromatic rings. The number of hydrogen-bond donors (Lipinski definition) is 2. The molecule has 1 heterocycles. The Kier molecular flexibility index (Phi) is 4.63. The largest absolute Gasteiger partial charge is 0.416 e. The molecule has 23 heavy (non-hydrogen) atoms. The van der Waals surface area contributed by atoms with Crippen LogP contribution < -0.4 is 10.6 Å². The highest BCUT2D eigenvalue weighted by atomic mass is 19.4. The van der Waals surface area contributed by atoms with Crippen molar-refractivity contribution in [3.8, 4) is 0 Å². The van der Waals surface area contributed by atoms with E-state index in [4.69, 9.17) is 4.52 Å². The summed E-state index contributed by atoms with van der Waals surface area (Å²) >= 11 is 0. The number of aromatic nitrogens is 1. The Morgan fingerprint density at radius 2 is 1.96 bits per heavy atom. The Hall–Kier alpha value is -2.51. The van der Waals surface area contributed by atoms with Crippen LogP contribution >= 0.6 is 0 Å². The number of nitrogens with one attached hydrogen (secondary N) is 2. The number of hydrogen-bond acceptors (Lipinski definition) is 4. The van der Waals surface area contributed by atoms with Crippen LogP contribution in [-0.2, 0) is 11.0 Å². The smallest absolute Gasteiger partial charge is 0.374 e. The first-order valence-electron chi connectivity index (χ1n) is 6.85. The summed E-state index contributed by atoms with van der Waals surface area (Å²) in [5.41, 5.74) is -0.401. The first-order valence-corrected chi connectivity index (χ1v) is 6.85. The molecule has 0 aliphatic carbocycles. The van der Waals surface area contributed by atoms with E-state index in [0.717, 1.165) is 6.07 Å². The van der Waals surface area contributed by atoms with Gasteiger partial charge in [0.1, 0.15) is 11.8 Å². The summed E-state index contributed by atoms with van der Waals surface area (Å²) in [4.78, 5) is 12.0. The lowest BCUT2D eigenvalue weighted by molar-refractivity contribution is -0.138. The van der Waals surface area contributed by atoms with Crippen LogP contribution in [0.3, 0.4) is 0 Å². The number of amides is 1. The summed E-state index contributed by atoms with van der Waals surface area (Å²) in [5, 5.41) is 8.87. The first kappa shape index (κ1) is 16.9. The van der Waals surface area contributed by atoms with Gasteiger partial charge in [0, 0.05) is 11.8 Å². The van der Waals surface area contributed by atoms with Crippen LogP contribution in [0.4, 0.5) is 24.7 Å². The second-order valence-corrected chi connectivity index (χ2v) is 5.21. The molecule has 0 unspecified atom stereocenters. The molecule has 0 aliphatic heterocycles. The summed E-state index contributed by atoms with van der Waals surface area (Å²) in [6.45, 7) is 4.60. The van der Waals surface area contributed by atoms with Gasteiger partial charge in [0.2, 0.25) is 5.91 Å². The molecule has 124 valence electrons. The molecule has 0 saturated heterocycles. The third-order valence-corrected chi connectivity index (χ3v) is 3.20. The summed E-state index contributed by atoms with van der Waals surface area (Å²) in [5.74, 6) is 0.350. The fraction of sp³-hybridized carbons (Fsp3) is 0.333. The SMILES string of the molecule is Cc1cc(NC(=O)[C@H](C)Nc2ccc(C)c(C(F)(F)F)c2)no1. The Morgan fingerprint density at radius 1 is 1.26 bits per heavy atom. The van der Waals surface area contributed by atoms with Gasteiger partial charge in [0.25, 0.3) is 0 Å². The third-order valence-electron chi connectivity index (χ3n) is 3.20. The number of carbonyl (C=O) groups excluding carboxylic acids is 1. The highest BCUT2D eigenvalue weighted by Gasteiger charge is 2.32. The van der Waals surface area contributed by atoms with Gasteiger partial charge in [-0.15, -0.1) is 0 Å². The normalized spacial score (nSPS) is 12.8. The number of carbonyl (C=O) groups is 1. The molecule has 2 N–H and O–H groups in total. The van der Waals surface area contributed by atoms with E-state index in [1.807, 2.05) is 0 Å². The number of alkyl halides is 3. The van der Waals surface area contributed by atoms with Crippen molar-refractivity contribution in [2.24, 2.45) is 0 Å². The minimum atomic E-state index is -4.44. The topological polar surface area (TPSA) is 67.2 Å². The molecule has 0 saturated carbocycles. The number of benzene rings is 1. The molecule has 1 amide bonds. The molecule has 0 bridgehead atoms. The Bertz CT molecular complexity index is 710. The highest BCUT2D eigenvalue weighted by molar-refractivity contribution is 5.95. The van der Waals surface area contributed by atoms with Gasteiger partial charge in [-0.1, -0.05) is 11.2 Å². The van der Waals surface area contributed by atoms with Crippen LogP contribution in [0.15, 0.2) is 28.8 Å². The van der Waals surface area contributed by atoms with Crippen molar-refractivity contribution in [1.82, 2.24) is 5.16 Å².